The lowest BCUT2D eigenvalue weighted by Crippen LogP contribution is -2.48. The molecule has 4 aromatic rings. The quantitative estimate of drug-likeness (QED) is 0.196. The number of ether oxygens (including phenoxy) is 2. The molecule has 2 amide bonds. The van der Waals surface area contributed by atoms with Crippen molar-refractivity contribution in [1.29, 1.82) is 0 Å². The average molecular weight is 741 g/mol. The average Bonchev–Trinajstić information content (AvgIpc) is 3.66. The summed E-state index contributed by atoms with van der Waals surface area (Å²) in [5, 5.41) is 0.307. The zero-order chi connectivity index (χ0) is 37.8. The number of hydrogen-bond acceptors (Lipinski definition) is 6. The van der Waals surface area contributed by atoms with E-state index in [1.807, 2.05) is 49.2 Å². The van der Waals surface area contributed by atoms with Gasteiger partial charge in [0.1, 0.15) is 5.75 Å². The van der Waals surface area contributed by atoms with E-state index in [1.165, 1.54) is 12.0 Å². The highest BCUT2D eigenvalue weighted by Gasteiger charge is 2.34. The van der Waals surface area contributed by atoms with Crippen molar-refractivity contribution in [2.75, 3.05) is 20.2 Å². The fourth-order valence-electron chi connectivity index (χ4n) is 8.54. The third-order valence-corrected chi connectivity index (χ3v) is 12.8. The SMILES string of the molecule is COc1ccc2c(c1)C=C(c1c(C(=O)N3C[C@@H](C)O[C@@H](C)C3)ccn1C(C)C)Cn1c-2c(C2CCCCC2)c2ccc(C(=O)NS(=O)(=O)C(C)C)cc21. The maximum atomic E-state index is 14.5. The van der Waals surface area contributed by atoms with Crippen LogP contribution >= 0.6 is 0 Å². The molecule has 11 heteroatoms. The second kappa shape index (κ2) is 14.5. The van der Waals surface area contributed by atoms with Gasteiger partial charge in [-0.2, -0.15) is 0 Å². The number of nitrogens with zero attached hydrogens (tertiary/aromatic N) is 3. The van der Waals surface area contributed by atoms with E-state index in [1.54, 1.807) is 27.0 Å². The minimum atomic E-state index is -3.84. The number of morpholine rings is 1. The fourth-order valence-corrected chi connectivity index (χ4v) is 9.15. The molecule has 10 nitrogen and oxygen atoms in total. The van der Waals surface area contributed by atoms with E-state index in [0.717, 1.165) is 70.4 Å². The summed E-state index contributed by atoms with van der Waals surface area (Å²) in [6.45, 7) is 12.8. The molecule has 0 radical (unpaired) electrons. The molecule has 2 atom stereocenters. The molecule has 7 rings (SSSR count). The van der Waals surface area contributed by atoms with Crippen molar-refractivity contribution in [2.45, 2.75) is 110 Å². The molecular formula is C42H52N4O6S. The van der Waals surface area contributed by atoms with Gasteiger partial charge < -0.3 is 23.5 Å². The molecule has 1 N–H and O–H groups in total. The summed E-state index contributed by atoms with van der Waals surface area (Å²) in [4.78, 5) is 29.9. The summed E-state index contributed by atoms with van der Waals surface area (Å²) in [6, 6.07) is 13.8. The first-order valence-corrected chi connectivity index (χ1v) is 20.6. The van der Waals surface area contributed by atoms with E-state index in [2.05, 4.69) is 45.9 Å². The van der Waals surface area contributed by atoms with E-state index in [-0.39, 0.29) is 29.7 Å². The normalized spacial score (nSPS) is 19.6. The van der Waals surface area contributed by atoms with Gasteiger partial charge in [-0.15, -0.1) is 0 Å². The van der Waals surface area contributed by atoms with Gasteiger partial charge in [0.25, 0.3) is 11.8 Å². The van der Waals surface area contributed by atoms with Crippen molar-refractivity contribution < 1.29 is 27.5 Å². The Bertz CT molecular complexity index is 2190. The van der Waals surface area contributed by atoms with Crippen LogP contribution in [-0.2, 0) is 21.3 Å². The van der Waals surface area contributed by atoms with Gasteiger partial charge in [0.15, 0.2) is 0 Å². The van der Waals surface area contributed by atoms with Gasteiger partial charge in [-0.1, -0.05) is 25.3 Å². The Morgan fingerprint density at radius 1 is 0.925 bits per heavy atom. The first-order valence-electron chi connectivity index (χ1n) is 19.0. The third kappa shape index (κ3) is 6.94. The lowest BCUT2D eigenvalue weighted by molar-refractivity contribution is -0.0586. The van der Waals surface area contributed by atoms with Crippen LogP contribution in [0, 0.1) is 0 Å². The molecule has 1 aliphatic carbocycles. The van der Waals surface area contributed by atoms with Gasteiger partial charge >= 0.3 is 0 Å². The number of rotatable bonds is 8. The summed E-state index contributed by atoms with van der Waals surface area (Å²) in [6.07, 6.45) is 9.72. The number of carbonyl (C=O) groups is 2. The van der Waals surface area contributed by atoms with E-state index >= 15 is 0 Å². The monoisotopic (exact) mass is 740 g/mol. The van der Waals surface area contributed by atoms with Crippen molar-refractivity contribution in [2.24, 2.45) is 0 Å². The van der Waals surface area contributed by atoms with Gasteiger partial charge in [-0.05, 0) is 119 Å². The van der Waals surface area contributed by atoms with Crippen LogP contribution in [0.4, 0.5) is 0 Å². The summed E-state index contributed by atoms with van der Waals surface area (Å²) < 4.78 is 44.0. The lowest BCUT2D eigenvalue weighted by Gasteiger charge is -2.35. The molecule has 2 fully saturated rings. The largest absolute Gasteiger partial charge is 0.497 e. The number of carbonyl (C=O) groups excluding carboxylic acids is 2. The maximum Gasteiger partial charge on any atom is 0.264 e. The highest BCUT2D eigenvalue weighted by molar-refractivity contribution is 7.90. The number of amides is 2. The molecule has 4 heterocycles. The molecule has 3 aliphatic rings. The van der Waals surface area contributed by atoms with Gasteiger partial charge in [0.2, 0.25) is 10.0 Å². The van der Waals surface area contributed by atoms with E-state index in [9.17, 15) is 18.0 Å². The molecule has 2 aromatic carbocycles. The Labute approximate surface area is 313 Å². The Balaban J connectivity index is 1.46. The second-order valence-electron chi connectivity index (χ2n) is 15.6. The lowest BCUT2D eigenvalue weighted by atomic mass is 9.81. The minimum Gasteiger partial charge on any atom is -0.497 e. The van der Waals surface area contributed by atoms with Gasteiger partial charge in [0, 0.05) is 47.4 Å². The van der Waals surface area contributed by atoms with Gasteiger partial charge in [-0.3, -0.25) is 9.59 Å². The van der Waals surface area contributed by atoms with E-state index in [4.69, 9.17) is 9.47 Å². The van der Waals surface area contributed by atoms with Crippen molar-refractivity contribution in [1.82, 2.24) is 18.8 Å². The smallest absolute Gasteiger partial charge is 0.264 e. The van der Waals surface area contributed by atoms with Crippen LogP contribution in [0.3, 0.4) is 0 Å². The second-order valence-corrected chi connectivity index (χ2v) is 17.8. The van der Waals surface area contributed by atoms with Crippen LogP contribution < -0.4 is 9.46 Å². The van der Waals surface area contributed by atoms with Crippen molar-refractivity contribution in [3.63, 3.8) is 0 Å². The third-order valence-electron chi connectivity index (χ3n) is 11.1. The zero-order valence-electron chi connectivity index (χ0n) is 31.9. The molecule has 0 bridgehead atoms. The first kappa shape index (κ1) is 37.0. The Morgan fingerprint density at radius 2 is 1.64 bits per heavy atom. The number of hydrogen-bond donors (Lipinski definition) is 1. The summed E-state index contributed by atoms with van der Waals surface area (Å²) >= 11 is 0. The molecular weight excluding hydrogens is 689 g/mol. The van der Waals surface area contributed by atoms with Crippen LogP contribution in [-0.4, -0.2) is 71.9 Å². The molecule has 2 aromatic heterocycles. The summed E-state index contributed by atoms with van der Waals surface area (Å²) in [5.41, 5.74) is 7.98. The number of fused-ring (bicyclic) bond motifs is 5. The highest BCUT2D eigenvalue weighted by atomic mass is 32.2. The molecule has 53 heavy (non-hydrogen) atoms. The number of benzene rings is 2. The molecule has 282 valence electrons. The van der Waals surface area contributed by atoms with E-state index < -0.39 is 21.2 Å². The van der Waals surface area contributed by atoms with Gasteiger partial charge in [0.05, 0.1) is 48.1 Å². The molecule has 1 saturated heterocycles. The van der Waals surface area contributed by atoms with Gasteiger partial charge in [-0.25, -0.2) is 13.1 Å². The van der Waals surface area contributed by atoms with Crippen LogP contribution in [0.1, 0.15) is 123 Å². The van der Waals surface area contributed by atoms with Crippen LogP contribution in [0.25, 0.3) is 33.8 Å². The van der Waals surface area contributed by atoms with Crippen molar-refractivity contribution in [3.05, 3.63) is 76.6 Å². The molecule has 0 spiro atoms. The van der Waals surface area contributed by atoms with E-state index in [0.29, 0.717) is 31.1 Å². The predicted octanol–water partition coefficient (Wildman–Crippen LogP) is 8.02. The predicted molar refractivity (Wildman–Crippen MR) is 210 cm³/mol. The zero-order valence-corrected chi connectivity index (χ0v) is 32.8. The van der Waals surface area contributed by atoms with Crippen molar-refractivity contribution >= 4 is 44.4 Å². The van der Waals surface area contributed by atoms with Crippen molar-refractivity contribution in [3.8, 4) is 17.0 Å². The highest BCUT2D eigenvalue weighted by Crippen LogP contribution is 2.48. The Hall–Kier alpha value is -4.35. The number of sulfonamides is 1. The number of nitrogens with one attached hydrogen (secondary N) is 1. The summed E-state index contributed by atoms with van der Waals surface area (Å²) in [7, 11) is -2.16. The number of aromatic nitrogens is 2. The minimum absolute atomic E-state index is 0.0248. The number of methoxy groups -OCH3 is 1. The first-order chi connectivity index (χ1) is 25.3. The summed E-state index contributed by atoms with van der Waals surface area (Å²) in [5.74, 6) is 0.380. The van der Waals surface area contributed by atoms with Crippen LogP contribution in [0.2, 0.25) is 0 Å². The van der Waals surface area contributed by atoms with Crippen LogP contribution in [0.5, 0.6) is 5.75 Å². The molecule has 0 unspecified atom stereocenters. The Kier molecular flexibility index (Phi) is 10.1. The molecule has 2 aliphatic heterocycles. The van der Waals surface area contributed by atoms with Crippen LogP contribution in [0.15, 0.2) is 48.7 Å². The molecule has 1 saturated carbocycles. The standard InChI is InChI=1S/C42H52N4O6S/c1-25(2)45-18-17-36(42(48)44-22-27(5)52-28(6)23-44)39(45)32-19-31-20-33(51-7)14-16-34(31)40-38(29-11-9-8-10-12-29)35-15-13-30(21-37(35)46(40)24-32)41(47)43-53(49,50)26(3)4/h13-21,25-29H,8-12,22-24H2,1-7H3,(H,43,47)/t27-,28+. The fraction of sp³-hybridized carbons (Fsp3) is 0.476. The number of allylic oxidation sites excluding steroid dienone is 1. The maximum absolute atomic E-state index is 14.5. The topological polar surface area (TPSA) is 112 Å². The Morgan fingerprint density at radius 3 is 2.30 bits per heavy atom.